The molecule has 3 heterocycles. The molecule has 1 aromatic heterocycles. The van der Waals surface area contributed by atoms with Crippen LogP contribution in [0.5, 0.6) is 0 Å². The molecule has 0 radical (unpaired) electrons. The number of rotatable bonds is 2. The van der Waals surface area contributed by atoms with Crippen molar-refractivity contribution in [3.05, 3.63) is 60.0 Å². The van der Waals surface area contributed by atoms with E-state index in [0.717, 1.165) is 31.0 Å². The molecule has 0 bridgehead atoms. The second-order valence-electron chi connectivity index (χ2n) is 8.80. The maximum atomic E-state index is 6.12. The van der Waals surface area contributed by atoms with Crippen molar-refractivity contribution in [2.45, 2.75) is 54.0 Å². The Kier molecular flexibility index (Phi) is 5.36. The molecule has 2 aliphatic heterocycles. The first-order chi connectivity index (χ1) is 12.7. The monoisotopic (exact) mass is 366 g/mol. The van der Waals surface area contributed by atoms with Crippen LogP contribution in [0.2, 0.25) is 0 Å². The van der Waals surface area contributed by atoms with Crippen LogP contribution < -0.4 is 4.90 Å². The molecule has 2 aliphatic rings. The fourth-order valence-electron chi connectivity index (χ4n) is 4.75. The van der Waals surface area contributed by atoms with Crippen molar-refractivity contribution in [1.82, 2.24) is 4.98 Å². The van der Waals surface area contributed by atoms with Gasteiger partial charge in [0.25, 0.3) is 0 Å². The zero-order valence-electron chi connectivity index (χ0n) is 17.7. The van der Waals surface area contributed by atoms with Crippen LogP contribution in [-0.2, 0) is 4.74 Å². The third-order valence-corrected chi connectivity index (χ3v) is 7.11. The molecule has 3 atom stereocenters. The van der Waals surface area contributed by atoms with Crippen LogP contribution in [0.3, 0.4) is 0 Å². The lowest BCUT2D eigenvalue weighted by Crippen LogP contribution is -2.61. The second-order valence-corrected chi connectivity index (χ2v) is 8.80. The van der Waals surface area contributed by atoms with Gasteiger partial charge in [0.15, 0.2) is 0 Å². The van der Waals surface area contributed by atoms with Crippen LogP contribution in [0, 0.1) is 23.7 Å². The van der Waals surface area contributed by atoms with E-state index in [0.29, 0.717) is 0 Å². The topological polar surface area (TPSA) is 25.4 Å². The van der Waals surface area contributed by atoms with Gasteiger partial charge in [-0.2, -0.15) is 0 Å². The first kappa shape index (κ1) is 19.9. The van der Waals surface area contributed by atoms with Crippen LogP contribution in [-0.4, -0.2) is 24.2 Å². The molecule has 27 heavy (non-hydrogen) atoms. The summed E-state index contributed by atoms with van der Waals surface area (Å²) in [6.45, 7) is 19.5. The van der Waals surface area contributed by atoms with Crippen LogP contribution in [0.15, 0.2) is 54.4 Å². The van der Waals surface area contributed by atoms with E-state index in [2.05, 4.69) is 77.3 Å². The molecule has 3 heteroatoms. The standard InChI is InChI=1S/C24H34N2O/c1-8-12-24(7)20-16-27-14-11-17(2)15-21(20)26(19(4)23(24,5)6)22-18(3)10-9-13-25-22/h8-10,12-13,15,19-20H,2,11,14,16H2,1,3-7H3/b12-8?,21-15+. The Morgan fingerprint density at radius 2 is 2.07 bits per heavy atom. The molecule has 1 aromatic rings. The highest BCUT2D eigenvalue weighted by Gasteiger charge is 2.56. The second kappa shape index (κ2) is 7.27. The normalized spacial score (nSPS) is 33.2. The van der Waals surface area contributed by atoms with Gasteiger partial charge in [-0.1, -0.05) is 51.1 Å². The van der Waals surface area contributed by atoms with Gasteiger partial charge in [0.1, 0.15) is 5.82 Å². The highest BCUT2D eigenvalue weighted by atomic mass is 16.5. The molecular formula is C24H34N2O. The minimum atomic E-state index is -0.0240. The van der Waals surface area contributed by atoms with E-state index < -0.39 is 0 Å². The average molecular weight is 367 g/mol. The maximum Gasteiger partial charge on any atom is 0.135 e. The lowest BCUT2D eigenvalue weighted by molar-refractivity contribution is -0.0135. The Hall–Kier alpha value is -1.87. The molecular weight excluding hydrogens is 332 g/mol. The van der Waals surface area contributed by atoms with Crippen molar-refractivity contribution < 1.29 is 4.74 Å². The molecule has 146 valence electrons. The lowest BCUT2D eigenvalue weighted by atomic mass is 9.53. The quantitative estimate of drug-likeness (QED) is 0.629. The minimum absolute atomic E-state index is 0.0232. The Morgan fingerprint density at radius 1 is 1.33 bits per heavy atom. The van der Waals surface area contributed by atoms with Gasteiger partial charge in [-0.3, -0.25) is 0 Å². The molecule has 0 spiro atoms. The number of fused-ring (bicyclic) bond motifs is 1. The smallest absolute Gasteiger partial charge is 0.135 e. The molecule has 3 nitrogen and oxygen atoms in total. The van der Waals surface area contributed by atoms with E-state index >= 15 is 0 Å². The summed E-state index contributed by atoms with van der Waals surface area (Å²) in [6, 6.07) is 4.43. The van der Waals surface area contributed by atoms with Crippen molar-refractivity contribution in [3.63, 3.8) is 0 Å². The van der Waals surface area contributed by atoms with Crippen molar-refractivity contribution >= 4 is 5.82 Å². The van der Waals surface area contributed by atoms with E-state index in [1.807, 2.05) is 12.3 Å². The lowest BCUT2D eigenvalue weighted by Gasteiger charge is -2.60. The number of piperidine rings is 1. The number of hydrogen-bond donors (Lipinski definition) is 0. The molecule has 0 aromatic carbocycles. The zero-order valence-corrected chi connectivity index (χ0v) is 17.7. The number of anilines is 1. The summed E-state index contributed by atoms with van der Waals surface area (Å²) in [6.07, 6.45) is 9.66. The SMILES string of the molecule is C=C1/C=C2\C(COCC1)C(C)(C=CC)C(C)(C)C(C)N2c1ncccc1C. The molecule has 3 rings (SSSR count). The molecule has 0 amide bonds. The Balaban J connectivity index is 2.27. The van der Waals surface area contributed by atoms with Gasteiger partial charge in [0.05, 0.1) is 13.2 Å². The van der Waals surface area contributed by atoms with Gasteiger partial charge in [0.2, 0.25) is 0 Å². The minimum Gasteiger partial charge on any atom is -0.380 e. The molecule has 1 saturated heterocycles. The highest BCUT2D eigenvalue weighted by molar-refractivity contribution is 5.57. The fraction of sp³-hybridized carbons (Fsp3) is 0.542. The molecule has 0 aliphatic carbocycles. The van der Waals surface area contributed by atoms with Crippen LogP contribution in [0.1, 0.15) is 46.6 Å². The Bertz CT molecular complexity index is 776. The first-order valence-electron chi connectivity index (χ1n) is 10.1. The van der Waals surface area contributed by atoms with E-state index in [-0.39, 0.29) is 22.8 Å². The van der Waals surface area contributed by atoms with Crippen LogP contribution in [0.4, 0.5) is 5.82 Å². The van der Waals surface area contributed by atoms with Gasteiger partial charge in [-0.05, 0) is 50.3 Å². The van der Waals surface area contributed by atoms with Gasteiger partial charge in [-0.25, -0.2) is 4.98 Å². The fourth-order valence-corrected chi connectivity index (χ4v) is 4.75. The predicted molar refractivity (Wildman–Crippen MR) is 114 cm³/mol. The number of ether oxygens (including phenoxy) is 1. The van der Waals surface area contributed by atoms with Gasteiger partial charge < -0.3 is 9.64 Å². The predicted octanol–water partition coefficient (Wildman–Crippen LogP) is 5.68. The summed E-state index contributed by atoms with van der Waals surface area (Å²) >= 11 is 0. The van der Waals surface area contributed by atoms with Crippen LogP contribution in [0.25, 0.3) is 0 Å². The van der Waals surface area contributed by atoms with Crippen molar-refractivity contribution in [2.24, 2.45) is 16.7 Å². The third kappa shape index (κ3) is 3.16. The number of aromatic nitrogens is 1. The van der Waals surface area contributed by atoms with Crippen LogP contribution >= 0.6 is 0 Å². The van der Waals surface area contributed by atoms with Gasteiger partial charge >= 0.3 is 0 Å². The zero-order chi connectivity index (χ0) is 19.8. The number of pyridine rings is 1. The molecule has 0 saturated carbocycles. The van der Waals surface area contributed by atoms with Crippen molar-refractivity contribution in [2.75, 3.05) is 18.1 Å². The third-order valence-electron chi connectivity index (χ3n) is 7.11. The van der Waals surface area contributed by atoms with E-state index in [1.165, 1.54) is 11.3 Å². The highest BCUT2D eigenvalue weighted by Crippen LogP contribution is 2.58. The summed E-state index contributed by atoms with van der Waals surface area (Å²) < 4.78 is 6.12. The Morgan fingerprint density at radius 3 is 2.74 bits per heavy atom. The molecule has 1 fully saturated rings. The van der Waals surface area contributed by atoms with Crippen molar-refractivity contribution in [1.29, 1.82) is 0 Å². The summed E-state index contributed by atoms with van der Waals surface area (Å²) in [5.41, 5.74) is 3.61. The maximum absolute atomic E-state index is 6.12. The van der Waals surface area contributed by atoms with Gasteiger partial charge in [-0.15, -0.1) is 0 Å². The summed E-state index contributed by atoms with van der Waals surface area (Å²) in [5, 5.41) is 0. The molecule has 3 unspecified atom stereocenters. The largest absolute Gasteiger partial charge is 0.380 e. The van der Waals surface area contributed by atoms with Gasteiger partial charge in [0, 0.05) is 29.3 Å². The van der Waals surface area contributed by atoms with E-state index in [9.17, 15) is 0 Å². The summed E-state index contributed by atoms with van der Waals surface area (Å²) in [5.74, 6) is 1.29. The van der Waals surface area contributed by atoms with E-state index in [4.69, 9.17) is 9.72 Å². The number of nitrogens with zero attached hydrogens (tertiary/aromatic N) is 2. The van der Waals surface area contributed by atoms with Crippen molar-refractivity contribution in [3.8, 4) is 0 Å². The summed E-state index contributed by atoms with van der Waals surface area (Å²) in [7, 11) is 0. The summed E-state index contributed by atoms with van der Waals surface area (Å²) in [4.78, 5) is 7.23. The Labute approximate surface area is 164 Å². The number of hydrogen-bond acceptors (Lipinski definition) is 3. The first-order valence-corrected chi connectivity index (χ1v) is 10.1. The molecule has 0 N–H and O–H groups in total. The average Bonchev–Trinajstić information content (AvgIpc) is 2.59. The van der Waals surface area contributed by atoms with E-state index in [1.54, 1.807) is 0 Å². The number of aryl methyl sites for hydroxylation is 1. The number of allylic oxidation sites excluding steroid dienone is 3.